The number of methoxy groups -OCH3 is 1. The molecule has 0 spiro atoms. The Bertz CT molecular complexity index is 898. The molecule has 0 saturated heterocycles. The molecule has 0 saturated carbocycles. The molecule has 0 bridgehead atoms. The van der Waals surface area contributed by atoms with Gasteiger partial charge < -0.3 is 19.1 Å². The third-order valence-corrected chi connectivity index (χ3v) is 4.42. The molecule has 1 heterocycles. The molecule has 34 heavy (non-hydrogen) atoms. The van der Waals surface area contributed by atoms with Crippen LogP contribution in [0.1, 0.15) is 41.5 Å². The van der Waals surface area contributed by atoms with Crippen molar-refractivity contribution in [3.8, 4) is 0 Å². The van der Waals surface area contributed by atoms with Gasteiger partial charge in [-0.2, -0.15) is 0 Å². The number of esters is 1. The average molecular weight is 470 g/mol. The van der Waals surface area contributed by atoms with E-state index in [1.165, 1.54) is 7.11 Å². The fourth-order valence-corrected chi connectivity index (χ4v) is 3.14. The van der Waals surface area contributed by atoms with Crippen LogP contribution in [0.3, 0.4) is 0 Å². The summed E-state index contributed by atoms with van der Waals surface area (Å²) in [6.45, 7) is 14.7. The fraction of sp³-hybridized carbons (Fsp3) is 0.423. The first-order valence-corrected chi connectivity index (χ1v) is 11.0. The quantitative estimate of drug-likeness (QED) is 0.384. The van der Waals surface area contributed by atoms with Crippen LogP contribution in [0, 0.1) is 0 Å². The van der Waals surface area contributed by atoms with Gasteiger partial charge in [0.05, 0.1) is 13.7 Å². The Labute approximate surface area is 202 Å². The molecule has 184 valence electrons. The lowest BCUT2D eigenvalue weighted by molar-refractivity contribution is -0.147. The van der Waals surface area contributed by atoms with Crippen LogP contribution in [0.25, 0.3) is 0 Å². The van der Waals surface area contributed by atoms with Gasteiger partial charge in [-0.05, 0) is 72.4 Å². The van der Waals surface area contributed by atoms with Crippen molar-refractivity contribution in [1.82, 2.24) is 9.88 Å². The number of aromatic nitrogens is 1. The molecule has 2 rings (SSSR count). The Hall–Kier alpha value is -3.55. The number of hydrogen-bond acceptors (Lipinski definition) is 7. The van der Waals surface area contributed by atoms with Gasteiger partial charge in [-0.1, -0.05) is 24.3 Å². The zero-order valence-corrected chi connectivity index (χ0v) is 21.1. The number of amides is 1. The van der Waals surface area contributed by atoms with Crippen LogP contribution in [-0.2, 0) is 19.0 Å². The second kappa shape index (κ2) is 11.0. The van der Waals surface area contributed by atoms with E-state index in [0.717, 1.165) is 10.6 Å². The first-order chi connectivity index (χ1) is 15.8. The van der Waals surface area contributed by atoms with Crippen LogP contribution in [-0.4, -0.2) is 52.8 Å². The SMILES string of the molecule is C=C(OC(C)(C)C)N(C(=O)OC(C)(C)C)C(CN(c1ccccc1)c1ccccn1)C(=O)OC. The summed E-state index contributed by atoms with van der Waals surface area (Å²) < 4.78 is 16.6. The summed E-state index contributed by atoms with van der Waals surface area (Å²) in [6.07, 6.45) is 0.886. The van der Waals surface area contributed by atoms with Crippen molar-refractivity contribution in [2.75, 3.05) is 18.6 Å². The smallest absolute Gasteiger partial charge is 0.418 e. The lowest BCUT2D eigenvalue weighted by Crippen LogP contribution is -2.52. The lowest BCUT2D eigenvalue weighted by atomic mass is 10.1. The number of carbonyl (C=O) groups is 2. The molecule has 0 aliphatic heterocycles. The maximum Gasteiger partial charge on any atom is 0.418 e. The molecule has 1 aromatic heterocycles. The highest BCUT2D eigenvalue weighted by atomic mass is 16.6. The molecule has 8 heteroatoms. The van der Waals surface area contributed by atoms with E-state index < -0.39 is 29.3 Å². The van der Waals surface area contributed by atoms with E-state index in [4.69, 9.17) is 14.2 Å². The highest BCUT2D eigenvalue weighted by molar-refractivity contribution is 5.84. The van der Waals surface area contributed by atoms with Gasteiger partial charge in [-0.15, -0.1) is 0 Å². The predicted octanol–water partition coefficient (Wildman–Crippen LogP) is 5.28. The Morgan fingerprint density at radius 1 is 0.941 bits per heavy atom. The number of pyridine rings is 1. The third-order valence-electron chi connectivity index (χ3n) is 4.42. The summed E-state index contributed by atoms with van der Waals surface area (Å²) in [5.74, 6) is -0.0818. The minimum Gasteiger partial charge on any atom is -0.473 e. The predicted molar refractivity (Wildman–Crippen MR) is 132 cm³/mol. The molecule has 1 aromatic carbocycles. The van der Waals surface area contributed by atoms with E-state index in [-0.39, 0.29) is 12.4 Å². The van der Waals surface area contributed by atoms with Gasteiger partial charge in [0.15, 0.2) is 11.9 Å². The van der Waals surface area contributed by atoms with E-state index in [1.54, 1.807) is 33.0 Å². The van der Waals surface area contributed by atoms with Crippen LogP contribution < -0.4 is 4.90 Å². The molecule has 1 amide bonds. The van der Waals surface area contributed by atoms with Crippen LogP contribution in [0.5, 0.6) is 0 Å². The minimum absolute atomic E-state index is 0.0134. The van der Waals surface area contributed by atoms with Crippen molar-refractivity contribution in [1.29, 1.82) is 0 Å². The van der Waals surface area contributed by atoms with Crippen molar-refractivity contribution in [2.24, 2.45) is 0 Å². The second-order valence-corrected chi connectivity index (χ2v) is 9.63. The summed E-state index contributed by atoms with van der Waals surface area (Å²) in [5.41, 5.74) is -0.697. The maximum atomic E-state index is 13.3. The zero-order valence-electron chi connectivity index (χ0n) is 21.1. The van der Waals surface area contributed by atoms with E-state index in [1.807, 2.05) is 68.1 Å². The number of rotatable bonds is 8. The highest BCUT2D eigenvalue weighted by Crippen LogP contribution is 2.27. The van der Waals surface area contributed by atoms with Crippen molar-refractivity contribution >= 4 is 23.6 Å². The normalized spacial score (nSPS) is 12.3. The van der Waals surface area contributed by atoms with Gasteiger partial charge in [0, 0.05) is 11.9 Å². The highest BCUT2D eigenvalue weighted by Gasteiger charge is 2.39. The summed E-state index contributed by atoms with van der Waals surface area (Å²) in [5, 5.41) is 0. The van der Waals surface area contributed by atoms with Gasteiger partial charge in [0.25, 0.3) is 0 Å². The Balaban J connectivity index is 2.57. The van der Waals surface area contributed by atoms with Gasteiger partial charge in [0.1, 0.15) is 17.0 Å². The summed E-state index contributed by atoms with van der Waals surface area (Å²) in [4.78, 5) is 33.8. The number of ether oxygens (including phenoxy) is 3. The zero-order chi connectivity index (χ0) is 25.5. The number of para-hydroxylation sites is 1. The molecule has 0 aliphatic rings. The van der Waals surface area contributed by atoms with Gasteiger partial charge in [0.2, 0.25) is 0 Å². The molecule has 0 aliphatic carbocycles. The molecule has 2 aromatic rings. The number of nitrogens with zero attached hydrogens (tertiary/aromatic N) is 3. The number of benzene rings is 1. The van der Waals surface area contributed by atoms with Gasteiger partial charge in [-0.25, -0.2) is 19.5 Å². The maximum absolute atomic E-state index is 13.3. The second-order valence-electron chi connectivity index (χ2n) is 9.63. The standard InChI is InChI=1S/C26H35N3O5/c1-19(33-25(2,3)4)29(24(31)34-26(5,6)7)21(23(30)32-8)18-28(20-14-10-9-11-15-20)22-16-12-13-17-27-22/h9-17,21H,1,18H2,2-8H3. The Kier molecular flexibility index (Phi) is 8.68. The van der Waals surface area contributed by atoms with Crippen LogP contribution >= 0.6 is 0 Å². The van der Waals surface area contributed by atoms with Crippen molar-refractivity contribution < 1.29 is 23.8 Å². The number of carbonyl (C=O) groups excluding carboxylic acids is 2. The van der Waals surface area contributed by atoms with E-state index in [9.17, 15) is 9.59 Å². The van der Waals surface area contributed by atoms with Gasteiger partial charge in [-0.3, -0.25) is 0 Å². The first kappa shape index (κ1) is 26.7. The molecule has 0 fully saturated rings. The Morgan fingerprint density at radius 2 is 1.53 bits per heavy atom. The summed E-state index contributed by atoms with van der Waals surface area (Å²) in [7, 11) is 1.27. The van der Waals surface area contributed by atoms with Crippen LogP contribution in [0.2, 0.25) is 0 Å². The molecule has 8 nitrogen and oxygen atoms in total. The largest absolute Gasteiger partial charge is 0.473 e. The van der Waals surface area contributed by atoms with E-state index >= 15 is 0 Å². The van der Waals surface area contributed by atoms with E-state index in [2.05, 4.69) is 11.6 Å². The topological polar surface area (TPSA) is 81.2 Å². The van der Waals surface area contributed by atoms with Crippen molar-refractivity contribution in [3.63, 3.8) is 0 Å². The molecule has 1 unspecified atom stereocenters. The summed E-state index contributed by atoms with van der Waals surface area (Å²) in [6, 6.07) is 13.8. The van der Waals surface area contributed by atoms with Gasteiger partial charge >= 0.3 is 12.1 Å². The van der Waals surface area contributed by atoms with Crippen molar-refractivity contribution in [2.45, 2.75) is 58.8 Å². The third kappa shape index (κ3) is 7.79. The first-order valence-electron chi connectivity index (χ1n) is 11.0. The summed E-state index contributed by atoms with van der Waals surface area (Å²) >= 11 is 0. The minimum atomic E-state index is -1.14. The van der Waals surface area contributed by atoms with Crippen LogP contribution in [0.4, 0.5) is 16.3 Å². The fourth-order valence-electron chi connectivity index (χ4n) is 3.14. The molecular weight excluding hydrogens is 434 g/mol. The monoisotopic (exact) mass is 469 g/mol. The lowest BCUT2D eigenvalue weighted by Gasteiger charge is -2.37. The average Bonchev–Trinajstić information content (AvgIpc) is 2.74. The molecule has 0 N–H and O–H groups in total. The van der Waals surface area contributed by atoms with E-state index in [0.29, 0.717) is 5.82 Å². The van der Waals surface area contributed by atoms with Crippen LogP contribution in [0.15, 0.2) is 67.2 Å². The molecule has 1 atom stereocenters. The van der Waals surface area contributed by atoms with Crippen molar-refractivity contribution in [3.05, 3.63) is 67.2 Å². The molecule has 0 radical (unpaired) electrons. The molecular formula is C26H35N3O5. The Morgan fingerprint density at radius 3 is 2.03 bits per heavy atom. The number of anilines is 2. The number of hydrogen-bond donors (Lipinski definition) is 0.